The maximum Gasteiger partial charge on any atom is 0.411 e. The second kappa shape index (κ2) is 4.98. The zero-order valence-corrected chi connectivity index (χ0v) is 14.4. The van der Waals surface area contributed by atoms with E-state index in [4.69, 9.17) is 4.74 Å². The standard InChI is InChI=1S/C14H19BrN2O2S/c1-14(2,3)19-13(18)17-8-5-4-6-10(17)11-9(7-8)16-12(15)20-11/h8,10H,4-7H2,1-3H3. The molecule has 2 atom stereocenters. The highest BCUT2D eigenvalue weighted by Crippen LogP contribution is 2.45. The van der Waals surface area contributed by atoms with Gasteiger partial charge in [-0.2, -0.15) is 0 Å². The van der Waals surface area contributed by atoms with Crippen LogP contribution in [0.2, 0.25) is 0 Å². The maximum atomic E-state index is 12.5. The predicted octanol–water partition coefficient (Wildman–Crippen LogP) is 4.29. The van der Waals surface area contributed by atoms with Crippen LogP contribution in [0.15, 0.2) is 3.92 Å². The van der Waals surface area contributed by atoms with E-state index in [-0.39, 0.29) is 18.2 Å². The van der Waals surface area contributed by atoms with Gasteiger partial charge in [-0.05, 0) is 56.0 Å². The molecule has 0 radical (unpaired) electrons. The van der Waals surface area contributed by atoms with Gasteiger partial charge in [0.1, 0.15) is 5.60 Å². The van der Waals surface area contributed by atoms with Gasteiger partial charge < -0.3 is 4.74 Å². The highest BCUT2D eigenvalue weighted by molar-refractivity contribution is 9.11. The smallest absolute Gasteiger partial charge is 0.411 e. The first kappa shape index (κ1) is 14.3. The average Bonchev–Trinajstić information content (AvgIpc) is 2.66. The van der Waals surface area contributed by atoms with E-state index in [1.807, 2.05) is 25.7 Å². The third kappa shape index (κ3) is 2.60. The van der Waals surface area contributed by atoms with Crippen LogP contribution in [0, 0.1) is 0 Å². The van der Waals surface area contributed by atoms with Crippen molar-refractivity contribution < 1.29 is 9.53 Å². The Kier molecular flexibility index (Phi) is 3.57. The van der Waals surface area contributed by atoms with Crippen LogP contribution in [0.4, 0.5) is 4.79 Å². The second-order valence-electron chi connectivity index (χ2n) is 6.47. The molecule has 2 aliphatic heterocycles. The van der Waals surface area contributed by atoms with Crippen LogP contribution in [0.5, 0.6) is 0 Å². The third-order valence-electron chi connectivity index (χ3n) is 3.78. The van der Waals surface area contributed by atoms with E-state index in [1.54, 1.807) is 11.3 Å². The summed E-state index contributed by atoms with van der Waals surface area (Å²) < 4.78 is 6.51. The Morgan fingerprint density at radius 2 is 2.20 bits per heavy atom. The molecule has 0 saturated carbocycles. The molecule has 2 unspecified atom stereocenters. The summed E-state index contributed by atoms with van der Waals surface area (Å²) in [4.78, 5) is 20.3. The molecule has 0 aromatic carbocycles. The molecular weight excluding hydrogens is 340 g/mol. The zero-order valence-electron chi connectivity index (χ0n) is 12.0. The van der Waals surface area contributed by atoms with Crippen molar-refractivity contribution in [2.45, 2.75) is 64.1 Å². The minimum atomic E-state index is -0.445. The summed E-state index contributed by atoms with van der Waals surface area (Å²) in [7, 11) is 0. The number of hydrogen-bond acceptors (Lipinski definition) is 4. The van der Waals surface area contributed by atoms with Gasteiger partial charge in [0, 0.05) is 12.5 Å². The predicted molar refractivity (Wildman–Crippen MR) is 82.0 cm³/mol. The van der Waals surface area contributed by atoms with Crippen molar-refractivity contribution in [3.63, 3.8) is 0 Å². The lowest BCUT2D eigenvalue weighted by molar-refractivity contribution is -0.00912. The molecular formula is C14H19BrN2O2S. The highest BCUT2D eigenvalue weighted by Gasteiger charge is 2.43. The summed E-state index contributed by atoms with van der Waals surface area (Å²) in [6.07, 6.45) is 3.90. The van der Waals surface area contributed by atoms with Gasteiger partial charge in [0.05, 0.1) is 16.6 Å². The highest BCUT2D eigenvalue weighted by atomic mass is 79.9. The van der Waals surface area contributed by atoms with Crippen LogP contribution in [-0.4, -0.2) is 27.6 Å². The molecule has 1 aromatic heterocycles. The Bertz CT molecular complexity index is 538. The third-order valence-corrected chi connectivity index (χ3v) is 5.43. The Morgan fingerprint density at radius 3 is 2.90 bits per heavy atom. The summed E-state index contributed by atoms with van der Waals surface area (Å²) in [5.41, 5.74) is 0.719. The molecule has 6 heteroatoms. The van der Waals surface area contributed by atoms with Crippen molar-refractivity contribution >= 4 is 33.4 Å². The van der Waals surface area contributed by atoms with Gasteiger partial charge in [-0.25, -0.2) is 9.78 Å². The van der Waals surface area contributed by atoms with Gasteiger partial charge in [-0.3, -0.25) is 4.90 Å². The number of carbonyl (C=O) groups excluding carboxylic acids is 1. The molecule has 3 rings (SSSR count). The molecule has 2 aliphatic rings. The zero-order chi connectivity index (χ0) is 14.5. The van der Waals surface area contributed by atoms with Crippen molar-refractivity contribution in [2.75, 3.05) is 0 Å². The lowest BCUT2D eigenvalue weighted by atomic mass is 9.86. The Hall–Kier alpha value is -0.620. The number of carbonyl (C=O) groups is 1. The SMILES string of the molecule is CC(C)(C)OC(=O)N1C2CCCC1c1sc(Br)nc1C2. The fraction of sp³-hybridized carbons (Fsp3) is 0.714. The second-order valence-corrected chi connectivity index (χ2v) is 8.78. The van der Waals surface area contributed by atoms with Gasteiger partial charge in [-0.15, -0.1) is 11.3 Å². The fourth-order valence-electron chi connectivity index (χ4n) is 3.09. The van der Waals surface area contributed by atoms with Gasteiger partial charge in [-0.1, -0.05) is 0 Å². The van der Waals surface area contributed by atoms with E-state index in [0.29, 0.717) is 0 Å². The van der Waals surface area contributed by atoms with E-state index < -0.39 is 5.60 Å². The first-order chi connectivity index (χ1) is 9.35. The number of fused-ring (bicyclic) bond motifs is 4. The fourth-order valence-corrected chi connectivity index (χ4v) is 4.78. The van der Waals surface area contributed by atoms with Crippen molar-refractivity contribution in [1.82, 2.24) is 9.88 Å². The minimum Gasteiger partial charge on any atom is -0.444 e. The van der Waals surface area contributed by atoms with Gasteiger partial charge >= 0.3 is 6.09 Å². The minimum absolute atomic E-state index is 0.149. The summed E-state index contributed by atoms with van der Waals surface area (Å²) >= 11 is 5.12. The summed E-state index contributed by atoms with van der Waals surface area (Å²) in [6, 6.07) is 0.390. The van der Waals surface area contributed by atoms with Crippen molar-refractivity contribution in [3.8, 4) is 0 Å². The van der Waals surface area contributed by atoms with E-state index in [1.165, 1.54) is 11.3 Å². The van der Waals surface area contributed by atoms with Crippen LogP contribution >= 0.6 is 27.3 Å². The van der Waals surface area contributed by atoms with Crippen LogP contribution in [-0.2, 0) is 11.2 Å². The maximum absolute atomic E-state index is 12.5. The van der Waals surface area contributed by atoms with E-state index in [2.05, 4.69) is 20.9 Å². The number of ether oxygens (including phenoxy) is 1. The van der Waals surface area contributed by atoms with Crippen LogP contribution in [0.25, 0.3) is 0 Å². The molecule has 1 amide bonds. The lowest BCUT2D eigenvalue weighted by Crippen LogP contribution is -2.51. The van der Waals surface area contributed by atoms with Crippen molar-refractivity contribution in [2.24, 2.45) is 0 Å². The summed E-state index contributed by atoms with van der Waals surface area (Å²) in [5, 5.41) is 0. The Labute approximate surface area is 131 Å². The quantitative estimate of drug-likeness (QED) is 0.694. The largest absolute Gasteiger partial charge is 0.444 e. The number of hydrogen-bond donors (Lipinski definition) is 0. The monoisotopic (exact) mass is 358 g/mol. The molecule has 110 valence electrons. The number of piperidine rings is 1. The van der Waals surface area contributed by atoms with Crippen molar-refractivity contribution in [1.29, 1.82) is 0 Å². The first-order valence-corrected chi connectivity index (χ1v) is 8.62. The molecule has 2 bridgehead atoms. The average molecular weight is 359 g/mol. The Balaban J connectivity index is 1.91. The van der Waals surface area contributed by atoms with Crippen molar-refractivity contribution in [3.05, 3.63) is 14.5 Å². The van der Waals surface area contributed by atoms with Crippen LogP contribution < -0.4 is 0 Å². The molecule has 1 fully saturated rings. The molecule has 0 aliphatic carbocycles. The van der Waals surface area contributed by atoms with Gasteiger partial charge in [0.25, 0.3) is 0 Å². The summed E-state index contributed by atoms with van der Waals surface area (Å²) in [5.74, 6) is 0. The van der Waals surface area contributed by atoms with E-state index >= 15 is 0 Å². The normalized spacial score (nSPS) is 25.3. The van der Waals surface area contributed by atoms with Gasteiger partial charge in [0.15, 0.2) is 3.92 Å². The summed E-state index contributed by atoms with van der Waals surface area (Å²) in [6.45, 7) is 5.75. The number of aromatic nitrogens is 1. The van der Waals surface area contributed by atoms with Crippen LogP contribution in [0.1, 0.15) is 56.6 Å². The number of amides is 1. The topological polar surface area (TPSA) is 42.4 Å². The van der Waals surface area contributed by atoms with Crippen LogP contribution in [0.3, 0.4) is 0 Å². The number of nitrogens with zero attached hydrogens (tertiary/aromatic N) is 2. The molecule has 1 saturated heterocycles. The van der Waals surface area contributed by atoms with E-state index in [0.717, 1.165) is 28.9 Å². The molecule has 3 heterocycles. The van der Waals surface area contributed by atoms with E-state index in [9.17, 15) is 4.79 Å². The van der Waals surface area contributed by atoms with Gasteiger partial charge in [0.2, 0.25) is 0 Å². The number of thiazole rings is 1. The molecule has 1 aromatic rings. The molecule has 20 heavy (non-hydrogen) atoms. The lowest BCUT2D eigenvalue weighted by Gasteiger charge is -2.45. The Morgan fingerprint density at radius 1 is 1.45 bits per heavy atom. The molecule has 0 N–H and O–H groups in total. The molecule has 0 spiro atoms. The molecule has 4 nitrogen and oxygen atoms in total. The number of halogens is 1. The first-order valence-electron chi connectivity index (χ1n) is 7.01. The number of rotatable bonds is 0.